The van der Waals surface area contributed by atoms with Crippen LogP contribution in [0.15, 0.2) is 48.7 Å². The lowest BCUT2D eigenvalue weighted by Crippen LogP contribution is -2.15. The number of anilines is 1. The maximum absolute atomic E-state index is 12.4. The molecule has 1 aromatic heterocycles. The Labute approximate surface area is 161 Å². The summed E-state index contributed by atoms with van der Waals surface area (Å²) in [5.41, 5.74) is 3.02. The van der Waals surface area contributed by atoms with Gasteiger partial charge in [0.05, 0.1) is 4.92 Å². The van der Waals surface area contributed by atoms with Gasteiger partial charge in [-0.2, -0.15) is 5.10 Å². The number of nitrogens with one attached hydrogen (secondary N) is 1. The second-order valence-corrected chi connectivity index (χ2v) is 6.57. The van der Waals surface area contributed by atoms with Crippen molar-refractivity contribution in [3.05, 3.63) is 81.2 Å². The Balaban J connectivity index is 1.68. The van der Waals surface area contributed by atoms with Crippen molar-refractivity contribution in [2.24, 2.45) is 0 Å². The second-order valence-electron chi connectivity index (χ2n) is 6.57. The lowest BCUT2D eigenvalue weighted by atomic mass is 10.1. The zero-order valence-electron chi connectivity index (χ0n) is 15.8. The molecule has 0 atom stereocenters. The van der Waals surface area contributed by atoms with Gasteiger partial charge in [0, 0.05) is 12.3 Å². The number of nitrogens with zero attached hydrogens (tertiary/aromatic N) is 3. The van der Waals surface area contributed by atoms with Gasteiger partial charge in [0.1, 0.15) is 11.4 Å². The van der Waals surface area contributed by atoms with E-state index < -0.39 is 10.8 Å². The average Bonchev–Trinajstić information content (AvgIpc) is 3.09. The van der Waals surface area contributed by atoms with Crippen LogP contribution in [0.2, 0.25) is 0 Å². The quantitative estimate of drug-likeness (QED) is 0.515. The van der Waals surface area contributed by atoms with Crippen LogP contribution in [0.4, 0.5) is 11.4 Å². The summed E-state index contributed by atoms with van der Waals surface area (Å²) in [7, 11) is 0. The fraction of sp³-hybridized carbons (Fsp3) is 0.200. The molecule has 0 aliphatic carbocycles. The molecular formula is C20H20N4O4. The number of nitro groups is 1. The number of rotatable bonds is 6. The van der Waals surface area contributed by atoms with Crippen molar-refractivity contribution in [2.45, 2.75) is 27.5 Å². The van der Waals surface area contributed by atoms with E-state index in [9.17, 15) is 14.9 Å². The monoisotopic (exact) mass is 380 g/mol. The van der Waals surface area contributed by atoms with Gasteiger partial charge in [-0.25, -0.2) is 4.68 Å². The first kappa shape index (κ1) is 19.1. The van der Waals surface area contributed by atoms with Gasteiger partial charge in [-0.3, -0.25) is 14.9 Å². The van der Waals surface area contributed by atoms with E-state index in [1.807, 2.05) is 32.0 Å². The maximum Gasteiger partial charge on any atom is 0.293 e. The van der Waals surface area contributed by atoms with Gasteiger partial charge in [-0.1, -0.05) is 12.1 Å². The number of hydrogen-bond acceptors (Lipinski definition) is 5. The molecule has 3 aromatic rings. The molecule has 0 bridgehead atoms. The molecule has 2 aromatic carbocycles. The molecular weight excluding hydrogens is 360 g/mol. The first-order valence-corrected chi connectivity index (χ1v) is 8.63. The fourth-order valence-corrected chi connectivity index (χ4v) is 2.80. The summed E-state index contributed by atoms with van der Waals surface area (Å²) < 4.78 is 7.19. The summed E-state index contributed by atoms with van der Waals surface area (Å²) in [6.07, 6.45) is 1.61. The van der Waals surface area contributed by atoms with Gasteiger partial charge in [-0.05, 0) is 61.7 Å². The third-order valence-electron chi connectivity index (χ3n) is 4.03. The van der Waals surface area contributed by atoms with Gasteiger partial charge in [0.25, 0.3) is 11.6 Å². The minimum atomic E-state index is -0.530. The Morgan fingerprint density at radius 1 is 1.11 bits per heavy atom. The van der Waals surface area contributed by atoms with Gasteiger partial charge in [-0.15, -0.1) is 0 Å². The van der Waals surface area contributed by atoms with E-state index in [-0.39, 0.29) is 23.8 Å². The molecule has 1 N–H and O–H groups in total. The van der Waals surface area contributed by atoms with E-state index in [0.717, 1.165) is 16.7 Å². The number of aryl methyl sites for hydroxylation is 3. The van der Waals surface area contributed by atoms with Crippen molar-refractivity contribution < 1.29 is 14.5 Å². The third-order valence-corrected chi connectivity index (χ3v) is 4.03. The van der Waals surface area contributed by atoms with Crippen LogP contribution in [-0.4, -0.2) is 20.6 Å². The second kappa shape index (κ2) is 7.91. The highest BCUT2D eigenvalue weighted by atomic mass is 16.6. The Morgan fingerprint density at radius 2 is 1.82 bits per heavy atom. The summed E-state index contributed by atoms with van der Waals surface area (Å²) in [4.78, 5) is 23.1. The highest BCUT2D eigenvalue weighted by molar-refractivity contribution is 6.04. The van der Waals surface area contributed by atoms with E-state index in [4.69, 9.17) is 4.74 Å². The van der Waals surface area contributed by atoms with Gasteiger partial charge < -0.3 is 10.1 Å². The summed E-state index contributed by atoms with van der Waals surface area (Å²) in [6.45, 7) is 5.86. The lowest BCUT2D eigenvalue weighted by molar-refractivity contribution is -0.384. The molecule has 8 heteroatoms. The molecule has 0 unspecified atom stereocenters. The van der Waals surface area contributed by atoms with E-state index in [0.29, 0.717) is 5.75 Å². The van der Waals surface area contributed by atoms with Crippen molar-refractivity contribution in [1.29, 1.82) is 0 Å². The molecule has 0 aliphatic rings. The predicted octanol–water partition coefficient (Wildman–Crippen LogP) is 4.01. The van der Waals surface area contributed by atoms with E-state index in [1.165, 1.54) is 22.9 Å². The molecule has 0 saturated carbocycles. The van der Waals surface area contributed by atoms with Crippen molar-refractivity contribution in [1.82, 2.24) is 9.78 Å². The Morgan fingerprint density at radius 3 is 2.50 bits per heavy atom. The van der Waals surface area contributed by atoms with E-state index in [1.54, 1.807) is 19.2 Å². The first-order chi connectivity index (χ1) is 13.3. The van der Waals surface area contributed by atoms with Gasteiger partial charge >= 0.3 is 0 Å². The summed E-state index contributed by atoms with van der Waals surface area (Å²) in [5, 5.41) is 17.9. The molecule has 28 heavy (non-hydrogen) atoms. The van der Waals surface area contributed by atoms with Gasteiger partial charge in [0.15, 0.2) is 12.4 Å². The van der Waals surface area contributed by atoms with Crippen LogP contribution in [0.1, 0.15) is 27.2 Å². The number of benzene rings is 2. The number of hydrogen-bond donors (Lipinski definition) is 1. The molecule has 0 fully saturated rings. The standard InChI is InChI=1S/C20H20N4O4/c1-13-4-5-17(19(11-13)24(26)27)21-20(25)18-6-7-23(22-18)12-28-16-9-14(2)8-15(3)10-16/h4-11H,12H2,1-3H3,(H,21,25). The van der Waals surface area contributed by atoms with Crippen molar-refractivity contribution in [3.63, 3.8) is 0 Å². The Kier molecular flexibility index (Phi) is 5.39. The molecule has 1 heterocycles. The van der Waals surface area contributed by atoms with Crippen LogP contribution in [0, 0.1) is 30.9 Å². The normalized spacial score (nSPS) is 10.5. The van der Waals surface area contributed by atoms with Crippen LogP contribution in [0.5, 0.6) is 5.75 Å². The highest BCUT2D eigenvalue weighted by Crippen LogP contribution is 2.25. The third kappa shape index (κ3) is 4.53. The van der Waals surface area contributed by atoms with Crippen LogP contribution < -0.4 is 10.1 Å². The molecule has 1 amide bonds. The SMILES string of the molecule is Cc1cc(C)cc(OCn2ccc(C(=O)Nc3ccc(C)cc3[N+](=O)[O-])n2)c1. The number of nitro benzene ring substituents is 1. The molecule has 0 aliphatic heterocycles. The molecule has 144 valence electrons. The highest BCUT2D eigenvalue weighted by Gasteiger charge is 2.18. The minimum absolute atomic E-state index is 0.127. The van der Waals surface area contributed by atoms with Crippen molar-refractivity contribution >= 4 is 17.3 Å². The molecule has 0 radical (unpaired) electrons. The molecule has 0 spiro atoms. The smallest absolute Gasteiger partial charge is 0.293 e. The fourth-order valence-electron chi connectivity index (χ4n) is 2.80. The zero-order chi connectivity index (χ0) is 20.3. The average molecular weight is 380 g/mol. The number of ether oxygens (including phenoxy) is 1. The minimum Gasteiger partial charge on any atom is -0.471 e. The predicted molar refractivity (Wildman–Crippen MR) is 105 cm³/mol. The molecule has 8 nitrogen and oxygen atoms in total. The van der Waals surface area contributed by atoms with Crippen LogP contribution in [-0.2, 0) is 6.73 Å². The number of aromatic nitrogens is 2. The maximum atomic E-state index is 12.4. The number of carbonyl (C=O) groups excluding carboxylic acids is 1. The van der Waals surface area contributed by atoms with Crippen molar-refractivity contribution in [2.75, 3.05) is 5.32 Å². The Hall–Kier alpha value is -3.68. The topological polar surface area (TPSA) is 99.3 Å². The summed E-state index contributed by atoms with van der Waals surface area (Å²) in [5.74, 6) is 0.186. The summed E-state index contributed by atoms with van der Waals surface area (Å²) >= 11 is 0. The molecule has 3 rings (SSSR count). The van der Waals surface area contributed by atoms with Crippen molar-refractivity contribution in [3.8, 4) is 5.75 Å². The Bertz CT molecular complexity index is 1020. The largest absolute Gasteiger partial charge is 0.471 e. The van der Waals surface area contributed by atoms with Crippen LogP contribution >= 0.6 is 0 Å². The van der Waals surface area contributed by atoms with E-state index in [2.05, 4.69) is 10.4 Å². The zero-order valence-corrected chi connectivity index (χ0v) is 15.8. The number of amides is 1. The van der Waals surface area contributed by atoms with Crippen LogP contribution in [0.25, 0.3) is 0 Å². The van der Waals surface area contributed by atoms with E-state index >= 15 is 0 Å². The first-order valence-electron chi connectivity index (χ1n) is 8.63. The lowest BCUT2D eigenvalue weighted by Gasteiger charge is -2.08. The van der Waals surface area contributed by atoms with Crippen LogP contribution in [0.3, 0.4) is 0 Å². The van der Waals surface area contributed by atoms with Gasteiger partial charge in [0.2, 0.25) is 0 Å². The molecule has 0 saturated heterocycles. The summed E-state index contributed by atoms with van der Waals surface area (Å²) in [6, 6.07) is 12.0. The number of carbonyl (C=O) groups is 1.